The van der Waals surface area contributed by atoms with E-state index in [0.717, 1.165) is 24.3 Å². The van der Waals surface area contributed by atoms with Crippen LogP contribution in [0, 0.1) is 12.8 Å². The summed E-state index contributed by atoms with van der Waals surface area (Å²) in [6, 6.07) is 5.85. The second-order valence-corrected chi connectivity index (χ2v) is 6.15. The van der Waals surface area contributed by atoms with Gasteiger partial charge in [0, 0.05) is 6.04 Å². The summed E-state index contributed by atoms with van der Waals surface area (Å²) in [4.78, 5) is 11.9. The van der Waals surface area contributed by atoms with E-state index in [1.807, 2.05) is 19.1 Å². The van der Waals surface area contributed by atoms with Crippen LogP contribution in [0.2, 0.25) is 5.02 Å². The van der Waals surface area contributed by atoms with Crippen LogP contribution in [0.5, 0.6) is 5.75 Å². The molecule has 0 bridgehead atoms. The fourth-order valence-corrected chi connectivity index (χ4v) is 2.71. The van der Waals surface area contributed by atoms with Crippen LogP contribution in [0.15, 0.2) is 18.2 Å². The molecule has 0 aliphatic heterocycles. The van der Waals surface area contributed by atoms with Crippen LogP contribution in [-0.2, 0) is 4.79 Å². The zero-order valence-electron chi connectivity index (χ0n) is 12.1. The Hall–Kier alpha value is -1.22. The summed E-state index contributed by atoms with van der Waals surface area (Å²) in [5.74, 6) is 1.28. The van der Waals surface area contributed by atoms with Gasteiger partial charge in [-0.05, 0) is 56.2 Å². The highest BCUT2D eigenvalue weighted by Crippen LogP contribution is 2.25. The van der Waals surface area contributed by atoms with Crippen molar-refractivity contribution >= 4 is 17.5 Å². The lowest BCUT2D eigenvalue weighted by Gasteiger charge is -2.26. The first-order chi connectivity index (χ1) is 9.54. The molecule has 110 valence electrons. The number of rotatable bonds is 4. The smallest absolute Gasteiger partial charge is 0.258 e. The van der Waals surface area contributed by atoms with Crippen molar-refractivity contribution in [3.8, 4) is 5.75 Å². The van der Waals surface area contributed by atoms with Crippen LogP contribution in [0.3, 0.4) is 0 Å². The van der Waals surface area contributed by atoms with Crippen molar-refractivity contribution in [2.75, 3.05) is 6.61 Å². The molecule has 0 heterocycles. The molecule has 4 heteroatoms. The van der Waals surface area contributed by atoms with Crippen LogP contribution in [0.1, 0.15) is 38.2 Å². The number of amides is 1. The van der Waals surface area contributed by atoms with Gasteiger partial charge in [0.1, 0.15) is 5.75 Å². The summed E-state index contributed by atoms with van der Waals surface area (Å²) in [7, 11) is 0. The van der Waals surface area contributed by atoms with Gasteiger partial charge < -0.3 is 10.1 Å². The van der Waals surface area contributed by atoms with E-state index in [9.17, 15) is 4.79 Å². The molecule has 0 atom stereocenters. The molecule has 1 aromatic carbocycles. The van der Waals surface area contributed by atoms with Crippen molar-refractivity contribution in [3.63, 3.8) is 0 Å². The second-order valence-electron chi connectivity index (χ2n) is 5.75. The minimum atomic E-state index is -0.0675. The van der Waals surface area contributed by atoms with Crippen LogP contribution >= 0.6 is 11.6 Å². The van der Waals surface area contributed by atoms with Gasteiger partial charge in [0.2, 0.25) is 0 Å². The average molecular weight is 296 g/mol. The number of ether oxygens (including phenoxy) is 1. The number of nitrogens with one attached hydrogen (secondary N) is 1. The van der Waals surface area contributed by atoms with Gasteiger partial charge in [0.25, 0.3) is 5.91 Å². The van der Waals surface area contributed by atoms with E-state index in [0.29, 0.717) is 16.8 Å². The zero-order chi connectivity index (χ0) is 14.5. The van der Waals surface area contributed by atoms with Crippen LogP contribution < -0.4 is 10.1 Å². The highest BCUT2D eigenvalue weighted by Gasteiger charge is 2.19. The summed E-state index contributed by atoms with van der Waals surface area (Å²) >= 11 is 6.03. The molecular weight excluding hydrogens is 274 g/mol. The van der Waals surface area contributed by atoms with Gasteiger partial charge in [-0.1, -0.05) is 24.6 Å². The fourth-order valence-electron chi connectivity index (χ4n) is 2.54. The molecule has 1 amide bonds. The fraction of sp³-hybridized carbons (Fsp3) is 0.562. The molecule has 1 aliphatic carbocycles. The number of aryl methyl sites for hydroxylation is 1. The maximum absolute atomic E-state index is 11.9. The van der Waals surface area contributed by atoms with Crippen molar-refractivity contribution < 1.29 is 9.53 Å². The van der Waals surface area contributed by atoms with Crippen molar-refractivity contribution in [1.82, 2.24) is 5.32 Å². The molecule has 0 aromatic heterocycles. The molecule has 2 rings (SSSR count). The third kappa shape index (κ3) is 4.41. The molecule has 0 radical (unpaired) electrons. The monoisotopic (exact) mass is 295 g/mol. The Morgan fingerprint density at radius 1 is 1.35 bits per heavy atom. The van der Waals surface area contributed by atoms with Crippen molar-refractivity contribution in [1.29, 1.82) is 0 Å². The number of carbonyl (C=O) groups is 1. The lowest BCUT2D eigenvalue weighted by molar-refractivity contribution is -0.124. The molecule has 1 saturated carbocycles. The van der Waals surface area contributed by atoms with Gasteiger partial charge in [-0.25, -0.2) is 0 Å². The van der Waals surface area contributed by atoms with Gasteiger partial charge in [0.15, 0.2) is 6.61 Å². The first-order valence-corrected chi connectivity index (χ1v) is 7.60. The largest absolute Gasteiger partial charge is 0.482 e. The van der Waals surface area contributed by atoms with E-state index in [-0.39, 0.29) is 12.5 Å². The summed E-state index contributed by atoms with van der Waals surface area (Å²) in [5, 5.41) is 3.57. The normalized spacial score (nSPS) is 22.4. The average Bonchev–Trinajstić information content (AvgIpc) is 2.42. The molecule has 0 unspecified atom stereocenters. The molecule has 1 aliphatic rings. The second kappa shape index (κ2) is 6.98. The van der Waals surface area contributed by atoms with E-state index in [2.05, 4.69) is 12.2 Å². The number of hydrogen-bond donors (Lipinski definition) is 1. The molecular formula is C16H22ClNO2. The first-order valence-electron chi connectivity index (χ1n) is 7.23. The van der Waals surface area contributed by atoms with Crippen molar-refractivity contribution in [2.45, 2.75) is 45.6 Å². The van der Waals surface area contributed by atoms with E-state index in [1.165, 1.54) is 12.8 Å². The van der Waals surface area contributed by atoms with Crippen LogP contribution in [-0.4, -0.2) is 18.6 Å². The molecule has 0 spiro atoms. The maximum Gasteiger partial charge on any atom is 0.258 e. The lowest BCUT2D eigenvalue weighted by Crippen LogP contribution is -2.39. The van der Waals surface area contributed by atoms with Gasteiger partial charge in [-0.2, -0.15) is 0 Å². The molecule has 1 fully saturated rings. The Balaban J connectivity index is 1.79. The Kier molecular flexibility index (Phi) is 5.30. The molecule has 3 nitrogen and oxygen atoms in total. The van der Waals surface area contributed by atoms with Gasteiger partial charge in [-0.15, -0.1) is 0 Å². The predicted octanol–water partition coefficient (Wildman–Crippen LogP) is 3.72. The Bertz CT molecular complexity index is 468. The topological polar surface area (TPSA) is 38.3 Å². The first kappa shape index (κ1) is 15.2. The van der Waals surface area contributed by atoms with Crippen LogP contribution in [0.25, 0.3) is 0 Å². The third-order valence-electron chi connectivity index (χ3n) is 3.83. The minimum absolute atomic E-state index is 0.0230. The summed E-state index contributed by atoms with van der Waals surface area (Å²) < 4.78 is 5.50. The quantitative estimate of drug-likeness (QED) is 0.919. The number of benzene rings is 1. The number of halogens is 1. The van der Waals surface area contributed by atoms with Gasteiger partial charge in [-0.3, -0.25) is 4.79 Å². The summed E-state index contributed by atoms with van der Waals surface area (Å²) in [5.41, 5.74) is 1.06. The minimum Gasteiger partial charge on any atom is -0.482 e. The molecule has 0 saturated heterocycles. The third-order valence-corrected chi connectivity index (χ3v) is 4.14. The maximum atomic E-state index is 11.9. The molecule has 1 N–H and O–H groups in total. The van der Waals surface area contributed by atoms with Crippen LogP contribution in [0.4, 0.5) is 0 Å². The molecule has 1 aromatic rings. The van der Waals surface area contributed by atoms with Gasteiger partial charge in [0.05, 0.1) is 5.02 Å². The van der Waals surface area contributed by atoms with E-state index < -0.39 is 0 Å². The highest BCUT2D eigenvalue weighted by atomic mass is 35.5. The van der Waals surface area contributed by atoms with Crippen molar-refractivity contribution in [2.24, 2.45) is 5.92 Å². The highest BCUT2D eigenvalue weighted by molar-refractivity contribution is 6.32. The Labute approximate surface area is 125 Å². The number of hydrogen-bond acceptors (Lipinski definition) is 2. The Morgan fingerprint density at radius 2 is 2.05 bits per heavy atom. The van der Waals surface area contributed by atoms with Crippen molar-refractivity contribution in [3.05, 3.63) is 28.8 Å². The SMILES string of the molecule is Cc1ccc(Cl)c(OCC(=O)NC2CCC(C)CC2)c1. The predicted molar refractivity (Wildman–Crippen MR) is 81.2 cm³/mol. The summed E-state index contributed by atoms with van der Waals surface area (Å²) in [6.07, 6.45) is 4.52. The Morgan fingerprint density at radius 3 is 2.75 bits per heavy atom. The summed E-state index contributed by atoms with van der Waals surface area (Å²) in [6.45, 7) is 4.25. The number of carbonyl (C=O) groups excluding carboxylic acids is 1. The molecule has 20 heavy (non-hydrogen) atoms. The standard InChI is InChI=1S/C16H22ClNO2/c1-11-3-6-13(7-4-11)18-16(19)10-20-15-9-12(2)5-8-14(15)17/h5,8-9,11,13H,3-4,6-7,10H2,1-2H3,(H,18,19). The van der Waals surface area contributed by atoms with E-state index >= 15 is 0 Å². The van der Waals surface area contributed by atoms with E-state index in [4.69, 9.17) is 16.3 Å². The van der Waals surface area contributed by atoms with E-state index in [1.54, 1.807) is 6.07 Å². The van der Waals surface area contributed by atoms with Gasteiger partial charge >= 0.3 is 0 Å². The zero-order valence-corrected chi connectivity index (χ0v) is 12.9. The lowest BCUT2D eigenvalue weighted by atomic mass is 9.87.